The molecule has 1 aromatic carbocycles. The van der Waals surface area contributed by atoms with Crippen molar-refractivity contribution in [3.05, 3.63) is 35.2 Å². The lowest BCUT2D eigenvalue weighted by Crippen LogP contribution is -2.45. The van der Waals surface area contributed by atoms with Gasteiger partial charge in [0.1, 0.15) is 11.8 Å². The van der Waals surface area contributed by atoms with Crippen molar-refractivity contribution in [1.29, 1.82) is 5.26 Å². The van der Waals surface area contributed by atoms with Gasteiger partial charge in [-0.3, -0.25) is 19.4 Å². The Morgan fingerprint density at radius 2 is 2.09 bits per heavy atom. The lowest BCUT2D eigenvalue weighted by atomic mass is 10.1. The summed E-state index contributed by atoms with van der Waals surface area (Å²) in [6, 6.07) is 5.68. The molecule has 33 heavy (non-hydrogen) atoms. The molecule has 3 heterocycles. The average molecular weight is 449 g/mol. The first-order valence-corrected chi connectivity index (χ1v) is 11.5. The van der Waals surface area contributed by atoms with Crippen LogP contribution in [-0.2, 0) is 16.0 Å². The van der Waals surface area contributed by atoms with E-state index >= 15 is 0 Å². The summed E-state index contributed by atoms with van der Waals surface area (Å²) in [5.41, 5.74) is 1.75. The van der Waals surface area contributed by atoms with E-state index in [0.29, 0.717) is 25.3 Å². The van der Waals surface area contributed by atoms with Gasteiger partial charge in [-0.15, -0.1) is 0 Å². The lowest BCUT2D eigenvalue weighted by molar-refractivity contribution is -0.140. The summed E-state index contributed by atoms with van der Waals surface area (Å²) in [5, 5.41) is 12.6. The van der Waals surface area contributed by atoms with Gasteiger partial charge in [0.2, 0.25) is 17.6 Å². The average Bonchev–Trinajstić information content (AvgIpc) is 3.49. The molecule has 2 fully saturated rings. The zero-order chi connectivity index (χ0) is 23.2. The Labute approximate surface area is 193 Å². The molecule has 0 bridgehead atoms. The molecule has 2 amide bonds. The minimum absolute atomic E-state index is 0.0275. The van der Waals surface area contributed by atoms with Crippen LogP contribution >= 0.6 is 0 Å². The molecule has 0 saturated carbocycles. The van der Waals surface area contributed by atoms with Crippen LogP contribution in [0.15, 0.2) is 23.2 Å². The molecule has 4 rings (SSSR count). The summed E-state index contributed by atoms with van der Waals surface area (Å²) in [4.78, 5) is 37.3. The van der Waals surface area contributed by atoms with Gasteiger partial charge in [-0.2, -0.15) is 5.26 Å². The number of carbonyl (C=O) groups is 2. The molecule has 1 aromatic rings. The van der Waals surface area contributed by atoms with Crippen molar-refractivity contribution in [2.24, 2.45) is 4.99 Å². The van der Waals surface area contributed by atoms with Crippen molar-refractivity contribution in [1.82, 2.24) is 9.80 Å². The van der Waals surface area contributed by atoms with Gasteiger partial charge in [-0.25, -0.2) is 6.57 Å². The van der Waals surface area contributed by atoms with Gasteiger partial charge in [0.25, 0.3) is 0 Å². The molecule has 0 spiro atoms. The van der Waals surface area contributed by atoms with Gasteiger partial charge >= 0.3 is 6.04 Å². The maximum atomic E-state index is 13.3. The van der Waals surface area contributed by atoms with E-state index in [1.807, 2.05) is 29.2 Å². The molecular weight excluding hydrogens is 420 g/mol. The van der Waals surface area contributed by atoms with Gasteiger partial charge in [-0.05, 0) is 55.9 Å². The van der Waals surface area contributed by atoms with Crippen LogP contribution in [0.25, 0.3) is 4.85 Å². The first-order chi connectivity index (χ1) is 16.1. The smallest absolute Gasteiger partial charge is 0.363 e. The quantitative estimate of drug-likeness (QED) is 0.423. The van der Waals surface area contributed by atoms with E-state index in [1.165, 1.54) is 0 Å². The number of nitriles is 1. The number of nitrogens with zero attached hydrogens (tertiary/aromatic N) is 5. The van der Waals surface area contributed by atoms with Gasteiger partial charge in [-0.1, -0.05) is 0 Å². The number of ether oxygens (including phenoxy) is 1. The van der Waals surface area contributed by atoms with Crippen molar-refractivity contribution < 1.29 is 14.3 Å². The Morgan fingerprint density at radius 3 is 2.85 bits per heavy atom. The number of anilines is 1. The predicted octanol–water partition coefficient (Wildman–Crippen LogP) is 2.25. The van der Waals surface area contributed by atoms with Crippen molar-refractivity contribution in [3.63, 3.8) is 0 Å². The molecule has 3 aliphatic heterocycles. The number of fused-ring (bicyclic) bond motifs is 1. The van der Waals surface area contributed by atoms with Crippen LogP contribution in [-0.4, -0.2) is 72.3 Å². The van der Waals surface area contributed by atoms with E-state index in [0.717, 1.165) is 56.5 Å². The summed E-state index contributed by atoms with van der Waals surface area (Å²) in [6.45, 7) is 10.1. The van der Waals surface area contributed by atoms with Gasteiger partial charge < -0.3 is 19.9 Å². The van der Waals surface area contributed by atoms with E-state index in [-0.39, 0.29) is 24.2 Å². The molecule has 0 aromatic heterocycles. The first kappa shape index (κ1) is 22.6. The van der Waals surface area contributed by atoms with E-state index in [4.69, 9.17) is 11.3 Å². The summed E-state index contributed by atoms with van der Waals surface area (Å²) >= 11 is 0. The minimum atomic E-state index is -1.15. The SMILES string of the molecule is [C-]#[N+]C(C#N)C(=NC1CCCCN(CC(=O)N2CCCC2)C1=O)Nc1ccc2c(c1)CCO2. The summed E-state index contributed by atoms with van der Waals surface area (Å²) in [7, 11) is 0. The Kier molecular flexibility index (Phi) is 7.09. The molecule has 9 nitrogen and oxygen atoms in total. The third-order valence-corrected chi connectivity index (χ3v) is 6.30. The molecule has 0 aliphatic carbocycles. The van der Waals surface area contributed by atoms with Crippen LogP contribution in [0.4, 0.5) is 5.69 Å². The second-order valence-corrected chi connectivity index (χ2v) is 8.58. The van der Waals surface area contributed by atoms with Gasteiger partial charge in [0, 0.05) is 31.7 Å². The van der Waals surface area contributed by atoms with Gasteiger partial charge in [0.15, 0.2) is 6.07 Å². The molecule has 172 valence electrons. The largest absolute Gasteiger partial charge is 0.493 e. The zero-order valence-corrected chi connectivity index (χ0v) is 18.6. The Bertz CT molecular complexity index is 1000. The summed E-state index contributed by atoms with van der Waals surface area (Å²) in [6.07, 6.45) is 4.90. The number of nitrogens with one attached hydrogen (secondary N) is 1. The number of hydrogen-bond acceptors (Lipinski definition) is 5. The molecular formula is C24H28N6O3. The van der Waals surface area contributed by atoms with Gasteiger partial charge in [0.05, 0.1) is 13.2 Å². The highest BCUT2D eigenvalue weighted by atomic mass is 16.5. The second kappa shape index (κ2) is 10.4. The van der Waals surface area contributed by atoms with Crippen molar-refractivity contribution >= 4 is 23.3 Å². The number of rotatable bonds is 5. The maximum absolute atomic E-state index is 13.3. The monoisotopic (exact) mass is 448 g/mol. The number of aliphatic imine (C=N–C) groups is 1. The normalized spacial score (nSPS) is 21.5. The molecule has 2 atom stereocenters. The van der Waals surface area contributed by atoms with E-state index in [2.05, 4.69) is 15.2 Å². The summed E-state index contributed by atoms with van der Waals surface area (Å²) in [5.74, 6) is 0.749. The van der Waals surface area contributed by atoms with Crippen molar-refractivity contribution in [2.75, 3.05) is 38.1 Å². The highest BCUT2D eigenvalue weighted by Gasteiger charge is 2.32. The van der Waals surface area contributed by atoms with E-state index in [9.17, 15) is 14.9 Å². The summed E-state index contributed by atoms with van der Waals surface area (Å²) < 4.78 is 5.54. The fraction of sp³-hybridized carbons (Fsp3) is 0.542. The zero-order valence-electron chi connectivity index (χ0n) is 18.6. The second-order valence-electron chi connectivity index (χ2n) is 8.58. The number of carbonyl (C=O) groups excluding carboxylic acids is 2. The standard InChI is InChI=1S/C24H28N6O3/c1-26-20(15-25)23(27-18-7-8-21-17(14-18)9-13-33-21)28-19-6-2-3-12-30(24(19)32)16-22(31)29-10-4-5-11-29/h7-8,14,19-20H,2-6,9-13,16H2,(H,27,28). The molecule has 1 N–H and O–H groups in total. The fourth-order valence-corrected chi connectivity index (χ4v) is 4.49. The van der Waals surface area contributed by atoms with Crippen LogP contribution < -0.4 is 10.1 Å². The predicted molar refractivity (Wildman–Crippen MR) is 123 cm³/mol. The number of amides is 2. The first-order valence-electron chi connectivity index (χ1n) is 11.5. The molecule has 0 radical (unpaired) electrons. The fourth-order valence-electron chi connectivity index (χ4n) is 4.49. The maximum Gasteiger partial charge on any atom is 0.363 e. The Morgan fingerprint density at radius 1 is 1.30 bits per heavy atom. The van der Waals surface area contributed by atoms with Crippen LogP contribution in [0.2, 0.25) is 0 Å². The minimum Gasteiger partial charge on any atom is -0.493 e. The Hall–Kier alpha value is -3.59. The molecule has 3 aliphatic rings. The number of hydrogen-bond donors (Lipinski definition) is 1. The molecule has 9 heteroatoms. The van der Waals surface area contributed by atoms with E-state index in [1.54, 1.807) is 4.90 Å². The van der Waals surface area contributed by atoms with E-state index < -0.39 is 12.1 Å². The number of likely N-dealkylation sites (tertiary alicyclic amines) is 2. The molecule has 2 unspecified atom stereocenters. The topological polar surface area (TPSA) is 102 Å². The highest BCUT2D eigenvalue weighted by Crippen LogP contribution is 2.28. The highest BCUT2D eigenvalue weighted by molar-refractivity contribution is 6.04. The molecule has 2 saturated heterocycles. The number of benzene rings is 1. The Balaban J connectivity index is 1.54. The van der Waals surface area contributed by atoms with Crippen LogP contribution in [0.3, 0.4) is 0 Å². The van der Waals surface area contributed by atoms with Crippen LogP contribution in [0, 0.1) is 17.9 Å². The number of amidine groups is 1. The third-order valence-electron chi connectivity index (χ3n) is 6.30. The van der Waals surface area contributed by atoms with Crippen molar-refractivity contribution in [2.45, 2.75) is 50.6 Å². The lowest BCUT2D eigenvalue weighted by Gasteiger charge is -2.25. The van der Waals surface area contributed by atoms with Crippen LogP contribution in [0.1, 0.15) is 37.7 Å². The van der Waals surface area contributed by atoms with Crippen LogP contribution in [0.5, 0.6) is 5.75 Å². The third kappa shape index (κ3) is 5.25. The van der Waals surface area contributed by atoms with Crippen molar-refractivity contribution in [3.8, 4) is 11.8 Å².